The highest BCUT2D eigenvalue weighted by Gasteiger charge is 2.24. The van der Waals surface area contributed by atoms with Crippen LogP contribution in [0.3, 0.4) is 0 Å². The molecule has 0 atom stereocenters. The summed E-state index contributed by atoms with van der Waals surface area (Å²) in [5.74, 6) is -0.394. The fraction of sp³-hybridized carbons (Fsp3) is 0.143. The number of rotatable bonds is 3. The van der Waals surface area contributed by atoms with Gasteiger partial charge in [0.2, 0.25) is 5.56 Å². The molecule has 0 saturated carbocycles. The van der Waals surface area contributed by atoms with Crippen LogP contribution < -0.4 is 15.8 Å². The van der Waals surface area contributed by atoms with E-state index in [4.69, 9.17) is 0 Å². The molecule has 0 radical (unpaired) electrons. The zero-order valence-electron chi connectivity index (χ0n) is 15.0. The third kappa shape index (κ3) is 3.55. The van der Waals surface area contributed by atoms with Gasteiger partial charge in [-0.2, -0.15) is 0 Å². The number of anilines is 2. The summed E-state index contributed by atoms with van der Waals surface area (Å²) < 4.78 is 0. The summed E-state index contributed by atoms with van der Waals surface area (Å²) in [7, 11) is 0. The second-order valence-electron chi connectivity index (χ2n) is 6.54. The lowest BCUT2D eigenvalue weighted by Crippen LogP contribution is -2.35. The van der Waals surface area contributed by atoms with Crippen LogP contribution in [-0.2, 0) is 6.42 Å². The van der Waals surface area contributed by atoms with Crippen molar-refractivity contribution >= 4 is 23.2 Å². The molecule has 4 rings (SSSR count). The summed E-state index contributed by atoms with van der Waals surface area (Å²) >= 11 is 0. The zero-order chi connectivity index (χ0) is 19.5. The Morgan fingerprint density at radius 1 is 1.11 bits per heavy atom. The molecule has 1 aliphatic rings. The Hall–Kier alpha value is -3.74. The number of carbonyl (C=O) groups is 2. The summed E-state index contributed by atoms with van der Waals surface area (Å²) in [6, 6.07) is 11.8. The Morgan fingerprint density at radius 3 is 2.75 bits per heavy atom. The molecule has 3 heterocycles. The normalized spacial score (nSPS) is 12.9. The van der Waals surface area contributed by atoms with E-state index in [-0.39, 0.29) is 17.4 Å². The van der Waals surface area contributed by atoms with E-state index in [0.29, 0.717) is 23.4 Å². The van der Waals surface area contributed by atoms with Crippen molar-refractivity contribution in [2.24, 2.45) is 0 Å². The van der Waals surface area contributed by atoms with Crippen LogP contribution in [0, 0.1) is 0 Å². The van der Waals surface area contributed by atoms with Gasteiger partial charge in [-0.15, -0.1) is 0 Å². The van der Waals surface area contributed by atoms with Crippen LogP contribution in [-0.4, -0.2) is 28.3 Å². The molecule has 7 heteroatoms. The van der Waals surface area contributed by atoms with Crippen LogP contribution in [0.25, 0.3) is 0 Å². The number of aromatic nitrogens is 2. The zero-order valence-corrected chi connectivity index (χ0v) is 15.0. The number of nitrogens with one attached hydrogen (secondary N) is 2. The maximum absolute atomic E-state index is 12.8. The largest absolute Gasteiger partial charge is 0.328 e. The van der Waals surface area contributed by atoms with E-state index >= 15 is 0 Å². The van der Waals surface area contributed by atoms with E-state index in [9.17, 15) is 14.4 Å². The summed E-state index contributed by atoms with van der Waals surface area (Å²) in [5.41, 5.74) is 3.15. The molecule has 1 aliphatic heterocycles. The minimum Gasteiger partial charge on any atom is -0.328 e. The molecule has 0 fully saturated rings. The van der Waals surface area contributed by atoms with Gasteiger partial charge in [-0.1, -0.05) is 0 Å². The van der Waals surface area contributed by atoms with Crippen LogP contribution in [0.2, 0.25) is 0 Å². The first kappa shape index (κ1) is 17.7. The van der Waals surface area contributed by atoms with Gasteiger partial charge in [-0.05, 0) is 54.8 Å². The molecule has 28 heavy (non-hydrogen) atoms. The fourth-order valence-corrected chi connectivity index (χ4v) is 3.29. The van der Waals surface area contributed by atoms with Gasteiger partial charge in [-0.3, -0.25) is 19.4 Å². The van der Waals surface area contributed by atoms with Gasteiger partial charge in [0.1, 0.15) is 0 Å². The van der Waals surface area contributed by atoms with Gasteiger partial charge < -0.3 is 15.2 Å². The number of amides is 2. The highest BCUT2D eigenvalue weighted by atomic mass is 16.2. The summed E-state index contributed by atoms with van der Waals surface area (Å²) in [5, 5.41) is 2.83. The lowest BCUT2D eigenvalue weighted by Gasteiger charge is -2.30. The summed E-state index contributed by atoms with van der Waals surface area (Å²) in [4.78, 5) is 44.6. The van der Waals surface area contributed by atoms with Crippen LogP contribution in [0.15, 0.2) is 65.8 Å². The van der Waals surface area contributed by atoms with Gasteiger partial charge in [0.25, 0.3) is 11.8 Å². The number of aromatic amines is 1. The van der Waals surface area contributed by atoms with E-state index in [1.54, 1.807) is 35.5 Å². The van der Waals surface area contributed by atoms with Gasteiger partial charge in [0.15, 0.2) is 0 Å². The SMILES string of the molecule is O=C(Nc1ccc2c(c1)CCCN2C(=O)c1cccnc1)c1ccc(=O)[nH]c1. The Bertz CT molecular complexity index is 1070. The van der Waals surface area contributed by atoms with Crippen LogP contribution >= 0.6 is 0 Å². The third-order valence-corrected chi connectivity index (χ3v) is 4.66. The minimum absolute atomic E-state index is 0.0842. The van der Waals surface area contributed by atoms with Crippen molar-refractivity contribution in [3.8, 4) is 0 Å². The molecule has 2 N–H and O–H groups in total. The van der Waals surface area contributed by atoms with Gasteiger partial charge in [0, 0.05) is 42.6 Å². The van der Waals surface area contributed by atoms with Crippen molar-refractivity contribution in [1.82, 2.24) is 9.97 Å². The van der Waals surface area contributed by atoms with Crippen molar-refractivity contribution in [3.63, 3.8) is 0 Å². The number of hydrogen-bond donors (Lipinski definition) is 2. The minimum atomic E-state index is -0.310. The van der Waals surface area contributed by atoms with Crippen LogP contribution in [0.4, 0.5) is 11.4 Å². The second kappa shape index (κ2) is 7.48. The molecule has 140 valence electrons. The Balaban J connectivity index is 1.56. The van der Waals surface area contributed by atoms with Crippen molar-refractivity contribution < 1.29 is 9.59 Å². The van der Waals surface area contributed by atoms with E-state index in [2.05, 4.69) is 15.3 Å². The smallest absolute Gasteiger partial charge is 0.259 e. The molecular weight excluding hydrogens is 356 g/mol. The average molecular weight is 374 g/mol. The topological polar surface area (TPSA) is 95.2 Å². The lowest BCUT2D eigenvalue weighted by molar-refractivity contribution is 0.0983. The molecular formula is C21H18N4O3. The predicted molar refractivity (Wildman–Crippen MR) is 106 cm³/mol. The molecule has 0 bridgehead atoms. The highest BCUT2D eigenvalue weighted by molar-refractivity contribution is 6.07. The van der Waals surface area contributed by atoms with Crippen LogP contribution in [0.1, 0.15) is 32.7 Å². The summed E-state index contributed by atoms with van der Waals surface area (Å²) in [6.45, 7) is 0.643. The molecule has 2 aromatic heterocycles. The van der Waals surface area contributed by atoms with Crippen molar-refractivity contribution in [2.45, 2.75) is 12.8 Å². The van der Waals surface area contributed by atoms with Crippen molar-refractivity contribution in [1.29, 1.82) is 0 Å². The number of carbonyl (C=O) groups excluding carboxylic acids is 2. The number of benzene rings is 1. The van der Waals surface area contributed by atoms with Crippen molar-refractivity contribution in [3.05, 3.63) is 88.1 Å². The number of nitrogens with zero attached hydrogens (tertiary/aromatic N) is 2. The number of fused-ring (bicyclic) bond motifs is 1. The quantitative estimate of drug-likeness (QED) is 0.737. The fourth-order valence-electron chi connectivity index (χ4n) is 3.29. The molecule has 7 nitrogen and oxygen atoms in total. The first-order valence-corrected chi connectivity index (χ1v) is 8.97. The van der Waals surface area contributed by atoms with Crippen LogP contribution in [0.5, 0.6) is 0 Å². The first-order chi connectivity index (χ1) is 13.6. The molecule has 0 unspecified atom stereocenters. The number of aryl methyl sites for hydroxylation is 1. The van der Waals surface area contributed by atoms with E-state index in [0.717, 1.165) is 24.1 Å². The second-order valence-corrected chi connectivity index (χ2v) is 6.54. The number of hydrogen-bond acceptors (Lipinski definition) is 4. The Labute approximate surface area is 161 Å². The maximum Gasteiger partial charge on any atom is 0.259 e. The van der Waals surface area contributed by atoms with E-state index in [1.807, 2.05) is 12.1 Å². The van der Waals surface area contributed by atoms with Crippen molar-refractivity contribution in [2.75, 3.05) is 16.8 Å². The maximum atomic E-state index is 12.8. The average Bonchev–Trinajstić information content (AvgIpc) is 2.73. The molecule has 0 saturated heterocycles. The van der Waals surface area contributed by atoms with E-state index in [1.165, 1.54) is 18.3 Å². The molecule has 1 aromatic carbocycles. The number of pyridine rings is 2. The molecule has 2 amide bonds. The Morgan fingerprint density at radius 2 is 2.00 bits per heavy atom. The number of H-pyrrole nitrogens is 1. The van der Waals surface area contributed by atoms with Gasteiger partial charge in [-0.25, -0.2) is 0 Å². The first-order valence-electron chi connectivity index (χ1n) is 8.97. The monoisotopic (exact) mass is 374 g/mol. The van der Waals surface area contributed by atoms with Gasteiger partial charge in [0.05, 0.1) is 11.1 Å². The Kier molecular flexibility index (Phi) is 4.72. The molecule has 3 aromatic rings. The summed E-state index contributed by atoms with van der Waals surface area (Å²) in [6.07, 6.45) is 6.25. The highest BCUT2D eigenvalue weighted by Crippen LogP contribution is 2.31. The van der Waals surface area contributed by atoms with E-state index < -0.39 is 0 Å². The third-order valence-electron chi connectivity index (χ3n) is 4.66. The lowest BCUT2D eigenvalue weighted by atomic mass is 10.00. The van der Waals surface area contributed by atoms with Gasteiger partial charge >= 0.3 is 0 Å². The molecule has 0 spiro atoms. The molecule has 0 aliphatic carbocycles. The predicted octanol–water partition coefficient (Wildman–Crippen LogP) is 2.62. The standard InChI is InChI=1S/C21H18N4O3/c26-19-8-5-15(13-23-19)20(27)24-17-6-7-18-14(11-17)4-2-10-25(18)21(28)16-3-1-9-22-12-16/h1,3,5-9,11-13H,2,4,10H2,(H,23,26)(H,24,27).